The molecule has 1 aromatic rings. The second-order valence-corrected chi connectivity index (χ2v) is 4.77. The van der Waals surface area contributed by atoms with Gasteiger partial charge in [-0.25, -0.2) is 0 Å². The van der Waals surface area contributed by atoms with E-state index < -0.39 is 16.8 Å². The summed E-state index contributed by atoms with van der Waals surface area (Å²) in [5, 5.41) is 23.2. The molecule has 0 radical (unpaired) electrons. The largest absolute Gasteiger partial charge is 0.497 e. The molecule has 7 heteroatoms. The van der Waals surface area contributed by atoms with Crippen LogP contribution in [0.4, 0.5) is 11.4 Å². The first-order valence-corrected chi connectivity index (χ1v) is 6.34. The van der Waals surface area contributed by atoms with Crippen molar-refractivity contribution in [3.8, 4) is 5.75 Å². The molecule has 20 heavy (non-hydrogen) atoms. The topological polar surface area (TPSA) is 102 Å². The Morgan fingerprint density at radius 1 is 1.50 bits per heavy atom. The van der Waals surface area contributed by atoms with Gasteiger partial charge in [0.25, 0.3) is 5.69 Å². The molecule has 1 aliphatic carbocycles. The fraction of sp³-hybridized carbons (Fsp3) is 0.462. The maximum absolute atomic E-state index is 11.1. The number of nitro benzene ring substituents is 1. The number of carboxylic acids is 1. The lowest BCUT2D eigenvalue weighted by atomic mass is 10.0. The normalized spacial score (nSPS) is 21.4. The summed E-state index contributed by atoms with van der Waals surface area (Å²) in [5.74, 6) is -0.894. The van der Waals surface area contributed by atoms with Gasteiger partial charge in [-0.15, -0.1) is 0 Å². The Balaban J connectivity index is 2.27. The van der Waals surface area contributed by atoms with E-state index in [1.165, 1.54) is 25.3 Å². The lowest BCUT2D eigenvalue weighted by Gasteiger charge is -2.19. The van der Waals surface area contributed by atoms with Crippen LogP contribution in [0.25, 0.3) is 0 Å². The van der Waals surface area contributed by atoms with Crippen molar-refractivity contribution in [1.29, 1.82) is 0 Å². The molecule has 0 saturated heterocycles. The highest BCUT2D eigenvalue weighted by atomic mass is 16.6. The third kappa shape index (κ3) is 2.81. The van der Waals surface area contributed by atoms with E-state index in [1.807, 2.05) is 0 Å². The van der Waals surface area contributed by atoms with Gasteiger partial charge in [-0.1, -0.05) is 6.42 Å². The molecule has 2 rings (SSSR count). The Kier molecular flexibility index (Phi) is 4.07. The van der Waals surface area contributed by atoms with E-state index in [0.717, 1.165) is 6.42 Å². The van der Waals surface area contributed by atoms with Crippen LogP contribution in [-0.4, -0.2) is 29.2 Å². The van der Waals surface area contributed by atoms with Crippen molar-refractivity contribution in [3.63, 3.8) is 0 Å². The maximum Gasteiger partial charge on any atom is 0.308 e. The number of carboxylic acid groups (broad SMARTS) is 1. The summed E-state index contributed by atoms with van der Waals surface area (Å²) in [5.41, 5.74) is 0.217. The number of anilines is 1. The van der Waals surface area contributed by atoms with Crippen molar-refractivity contribution in [2.24, 2.45) is 5.92 Å². The second-order valence-electron chi connectivity index (χ2n) is 4.77. The minimum Gasteiger partial charge on any atom is -0.497 e. The Hall–Kier alpha value is -2.31. The number of benzene rings is 1. The number of nitro groups is 1. The third-order valence-corrected chi connectivity index (χ3v) is 3.57. The molecule has 0 spiro atoms. The lowest BCUT2D eigenvalue weighted by Crippen LogP contribution is -2.30. The molecule has 1 aliphatic rings. The van der Waals surface area contributed by atoms with Crippen molar-refractivity contribution in [2.75, 3.05) is 12.4 Å². The summed E-state index contributed by atoms with van der Waals surface area (Å²) in [6, 6.07) is 4.09. The van der Waals surface area contributed by atoms with Gasteiger partial charge < -0.3 is 15.2 Å². The summed E-state index contributed by atoms with van der Waals surface area (Å²) in [6.07, 6.45) is 2.07. The molecule has 0 amide bonds. The van der Waals surface area contributed by atoms with Crippen LogP contribution in [-0.2, 0) is 4.79 Å². The highest BCUT2D eigenvalue weighted by Gasteiger charge is 2.34. The highest BCUT2D eigenvalue weighted by Crippen LogP contribution is 2.34. The van der Waals surface area contributed by atoms with E-state index in [0.29, 0.717) is 24.3 Å². The molecule has 1 fully saturated rings. The Labute approximate surface area is 115 Å². The van der Waals surface area contributed by atoms with Crippen LogP contribution < -0.4 is 10.1 Å². The number of nitrogens with one attached hydrogen (secondary N) is 1. The third-order valence-electron chi connectivity index (χ3n) is 3.57. The van der Waals surface area contributed by atoms with Crippen molar-refractivity contribution >= 4 is 17.3 Å². The zero-order valence-corrected chi connectivity index (χ0v) is 11.0. The first-order chi connectivity index (χ1) is 9.52. The van der Waals surface area contributed by atoms with Gasteiger partial charge in [-0.3, -0.25) is 14.9 Å². The van der Waals surface area contributed by atoms with Gasteiger partial charge in [-0.05, 0) is 18.9 Å². The molecule has 0 aliphatic heterocycles. The van der Waals surface area contributed by atoms with Gasteiger partial charge >= 0.3 is 5.97 Å². The summed E-state index contributed by atoms with van der Waals surface area (Å²) in [7, 11) is 1.47. The second kappa shape index (κ2) is 5.77. The van der Waals surface area contributed by atoms with Crippen LogP contribution in [0.3, 0.4) is 0 Å². The highest BCUT2D eigenvalue weighted by molar-refractivity contribution is 5.73. The van der Waals surface area contributed by atoms with Gasteiger partial charge in [0.05, 0.1) is 18.0 Å². The van der Waals surface area contributed by atoms with E-state index >= 15 is 0 Å². The molecular formula is C13H16N2O5. The van der Waals surface area contributed by atoms with Crippen LogP contribution in [0.2, 0.25) is 0 Å². The zero-order valence-electron chi connectivity index (χ0n) is 11.0. The number of nitrogens with zero attached hydrogens (tertiary/aromatic N) is 1. The number of hydrogen-bond donors (Lipinski definition) is 2. The predicted molar refractivity (Wildman–Crippen MR) is 72.0 cm³/mol. The minimum atomic E-state index is -0.870. The molecule has 2 atom stereocenters. The van der Waals surface area contributed by atoms with Crippen molar-refractivity contribution in [2.45, 2.75) is 25.3 Å². The van der Waals surface area contributed by atoms with Gasteiger partial charge in [0.15, 0.2) is 0 Å². The summed E-state index contributed by atoms with van der Waals surface area (Å²) < 4.78 is 5.05. The van der Waals surface area contributed by atoms with Crippen LogP contribution in [0.5, 0.6) is 5.75 Å². The van der Waals surface area contributed by atoms with E-state index in [4.69, 9.17) is 9.84 Å². The zero-order chi connectivity index (χ0) is 14.7. The van der Waals surface area contributed by atoms with Crippen LogP contribution in [0.15, 0.2) is 18.2 Å². The molecular weight excluding hydrogens is 264 g/mol. The Morgan fingerprint density at radius 3 is 2.85 bits per heavy atom. The number of hydrogen-bond acceptors (Lipinski definition) is 5. The molecule has 7 nitrogen and oxygen atoms in total. The molecule has 0 heterocycles. The minimum absolute atomic E-state index is 0.0816. The van der Waals surface area contributed by atoms with Crippen molar-refractivity contribution < 1.29 is 19.6 Å². The van der Waals surface area contributed by atoms with Crippen LogP contribution >= 0.6 is 0 Å². The summed E-state index contributed by atoms with van der Waals surface area (Å²) >= 11 is 0. The molecule has 108 valence electrons. The van der Waals surface area contributed by atoms with Crippen LogP contribution in [0.1, 0.15) is 19.3 Å². The number of rotatable bonds is 5. The lowest BCUT2D eigenvalue weighted by molar-refractivity contribution is -0.384. The number of methoxy groups -OCH3 is 1. The van der Waals surface area contributed by atoms with Crippen molar-refractivity contribution in [3.05, 3.63) is 28.3 Å². The smallest absolute Gasteiger partial charge is 0.308 e. The average Bonchev–Trinajstić information content (AvgIpc) is 2.86. The Bertz CT molecular complexity index is 531. The van der Waals surface area contributed by atoms with E-state index in [2.05, 4.69) is 5.32 Å². The SMILES string of the molecule is COc1ccc([N+](=O)[O-])c(NC2CCCC2C(=O)O)c1. The molecule has 0 bridgehead atoms. The van der Waals surface area contributed by atoms with Gasteiger partial charge in [0.1, 0.15) is 11.4 Å². The van der Waals surface area contributed by atoms with E-state index in [9.17, 15) is 14.9 Å². The van der Waals surface area contributed by atoms with E-state index in [-0.39, 0.29) is 11.7 Å². The molecule has 1 aromatic carbocycles. The fourth-order valence-electron chi connectivity index (χ4n) is 2.55. The van der Waals surface area contributed by atoms with Gasteiger partial charge in [-0.2, -0.15) is 0 Å². The predicted octanol–water partition coefficient (Wildman–Crippen LogP) is 2.27. The fourth-order valence-corrected chi connectivity index (χ4v) is 2.55. The summed E-state index contributed by atoms with van der Waals surface area (Å²) in [4.78, 5) is 21.7. The van der Waals surface area contributed by atoms with Gasteiger partial charge in [0.2, 0.25) is 0 Å². The first-order valence-electron chi connectivity index (χ1n) is 6.34. The number of carbonyl (C=O) groups is 1. The maximum atomic E-state index is 11.1. The number of aliphatic carboxylic acids is 1. The van der Waals surface area contributed by atoms with Gasteiger partial charge in [0, 0.05) is 18.2 Å². The molecule has 2 unspecified atom stereocenters. The Morgan fingerprint density at radius 2 is 2.25 bits per heavy atom. The first kappa shape index (κ1) is 14.1. The number of ether oxygens (including phenoxy) is 1. The van der Waals surface area contributed by atoms with E-state index in [1.54, 1.807) is 0 Å². The standard InChI is InChI=1S/C13H16N2O5/c1-20-8-5-6-12(15(18)19)11(7-8)14-10-4-2-3-9(10)13(16)17/h5-7,9-10,14H,2-4H2,1H3,(H,16,17). The monoisotopic (exact) mass is 280 g/mol. The van der Waals surface area contributed by atoms with Crippen molar-refractivity contribution in [1.82, 2.24) is 0 Å². The quantitative estimate of drug-likeness (QED) is 0.633. The molecule has 0 aromatic heterocycles. The molecule has 1 saturated carbocycles. The summed E-state index contributed by atoms with van der Waals surface area (Å²) in [6.45, 7) is 0. The molecule has 2 N–H and O–H groups in total. The van der Waals surface area contributed by atoms with Crippen LogP contribution in [0, 0.1) is 16.0 Å². The average molecular weight is 280 g/mol.